The molecule has 8 nitrogen and oxygen atoms in total. The van der Waals surface area contributed by atoms with Gasteiger partial charge in [0.1, 0.15) is 11.6 Å². The molecule has 0 saturated carbocycles. The maximum atomic E-state index is 10.6. The highest BCUT2D eigenvalue weighted by Gasteiger charge is 2.27. The Morgan fingerprint density at radius 2 is 1.78 bits per heavy atom. The molecule has 2 N–H and O–H groups in total. The lowest BCUT2D eigenvalue weighted by molar-refractivity contribution is -0.0481. The molecule has 11 heteroatoms. The van der Waals surface area contributed by atoms with Crippen molar-refractivity contribution < 1.29 is 14.9 Å². The Balaban J connectivity index is 1.36. The van der Waals surface area contributed by atoms with Gasteiger partial charge in [-0.15, -0.1) is 23.5 Å². The van der Waals surface area contributed by atoms with Crippen LogP contribution in [0.15, 0.2) is 59.5 Å². The van der Waals surface area contributed by atoms with Crippen LogP contribution in [-0.4, -0.2) is 40.7 Å². The van der Waals surface area contributed by atoms with Crippen LogP contribution >= 0.6 is 35.1 Å². The summed E-state index contributed by atoms with van der Waals surface area (Å²) in [5.41, 5.74) is 7.11. The quantitative estimate of drug-likeness (QED) is 0.175. The van der Waals surface area contributed by atoms with Gasteiger partial charge in [-0.1, -0.05) is 41.9 Å². The molecule has 0 unspecified atom stereocenters. The molecular formula is C35H36ClN5O3S2. The van der Waals surface area contributed by atoms with Crippen LogP contribution in [0, 0.1) is 6.92 Å². The van der Waals surface area contributed by atoms with Crippen molar-refractivity contribution in [2.75, 3.05) is 6.61 Å². The number of hydrogen-bond donors (Lipinski definition) is 2. The van der Waals surface area contributed by atoms with E-state index in [9.17, 15) is 10.2 Å². The Bertz CT molecular complexity index is 2100. The molecule has 0 aliphatic carbocycles. The number of nitrogens with zero attached hydrogens (tertiary/aromatic N) is 5. The van der Waals surface area contributed by atoms with Gasteiger partial charge in [0.2, 0.25) is 0 Å². The lowest BCUT2D eigenvalue weighted by Gasteiger charge is -2.14. The molecule has 1 aliphatic heterocycles. The zero-order valence-electron chi connectivity index (χ0n) is 26.2. The first kappa shape index (κ1) is 31.2. The van der Waals surface area contributed by atoms with Gasteiger partial charge in [0.15, 0.2) is 6.29 Å². The number of hydrogen-bond acceptors (Lipinski definition) is 7. The molecule has 3 aromatic heterocycles. The number of aliphatic hydroxyl groups is 2. The molecule has 4 heterocycles. The fraction of sp³-hybridized carbons (Fsp3) is 0.314. The van der Waals surface area contributed by atoms with Gasteiger partial charge in [0.25, 0.3) is 0 Å². The van der Waals surface area contributed by atoms with E-state index >= 15 is 0 Å². The summed E-state index contributed by atoms with van der Waals surface area (Å²) < 4.78 is 12.4. The second-order valence-corrected chi connectivity index (χ2v) is 14.2. The van der Waals surface area contributed by atoms with Gasteiger partial charge in [-0.2, -0.15) is 5.10 Å². The molecule has 0 spiro atoms. The van der Waals surface area contributed by atoms with Gasteiger partial charge in [-0.05, 0) is 55.0 Å². The fourth-order valence-corrected chi connectivity index (χ4v) is 8.67. The third-order valence-corrected chi connectivity index (χ3v) is 11.2. The highest BCUT2D eigenvalue weighted by molar-refractivity contribution is 7.98. The van der Waals surface area contributed by atoms with Gasteiger partial charge in [-0.3, -0.25) is 4.68 Å². The summed E-state index contributed by atoms with van der Waals surface area (Å²) >= 11 is 10.5. The summed E-state index contributed by atoms with van der Waals surface area (Å²) in [6, 6.07) is 18.7. The third kappa shape index (κ3) is 5.60. The number of halogens is 1. The van der Waals surface area contributed by atoms with Crippen LogP contribution in [0.3, 0.4) is 0 Å². The molecule has 0 amide bonds. The summed E-state index contributed by atoms with van der Waals surface area (Å²) in [4.78, 5) is 6.09. The van der Waals surface area contributed by atoms with Crippen LogP contribution in [0.2, 0.25) is 5.02 Å². The van der Waals surface area contributed by atoms with E-state index in [0.29, 0.717) is 35.9 Å². The number of fused-ring (bicyclic) bond motifs is 8. The minimum atomic E-state index is -1.64. The van der Waals surface area contributed by atoms with Crippen LogP contribution < -0.4 is 4.74 Å². The summed E-state index contributed by atoms with van der Waals surface area (Å²) in [5.74, 6) is 3.95. The maximum Gasteiger partial charge on any atom is 0.194 e. The van der Waals surface area contributed by atoms with E-state index in [1.165, 1.54) is 0 Å². The number of benzene rings is 3. The number of rotatable bonds is 1. The number of aryl methyl sites for hydroxylation is 4. The van der Waals surface area contributed by atoms with Crippen molar-refractivity contribution >= 4 is 56.8 Å². The van der Waals surface area contributed by atoms with Crippen molar-refractivity contribution in [1.29, 1.82) is 0 Å². The smallest absolute Gasteiger partial charge is 0.194 e. The molecule has 3 aromatic carbocycles. The van der Waals surface area contributed by atoms with E-state index in [1.54, 1.807) is 23.5 Å². The Hall–Kier alpha value is -3.41. The lowest BCUT2D eigenvalue weighted by Crippen LogP contribution is -2.08. The number of ether oxygens (including phenoxy) is 1. The van der Waals surface area contributed by atoms with E-state index < -0.39 is 6.29 Å². The number of aliphatic hydroxyl groups excluding tert-OH is 1. The van der Waals surface area contributed by atoms with E-state index in [1.807, 2.05) is 55.5 Å². The van der Waals surface area contributed by atoms with Crippen molar-refractivity contribution in [2.24, 2.45) is 21.1 Å². The van der Waals surface area contributed by atoms with Gasteiger partial charge < -0.3 is 24.1 Å². The van der Waals surface area contributed by atoms with Gasteiger partial charge >= 0.3 is 0 Å². The second kappa shape index (κ2) is 12.7. The zero-order valence-corrected chi connectivity index (χ0v) is 28.6. The third-order valence-electron chi connectivity index (χ3n) is 8.86. The molecule has 1 aliphatic rings. The Kier molecular flexibility index (Phi) is 8.58. The average molecular weight is 674 g/mol. The first-order valence-corrected chi connectivity index (χ1v) is 17.8. The van der Waals surface area contributed by atoms with Crippen molar-refractivity contribution in [3.8, 4) is 17.0 Å². The molecule has 0 saturated heterocycles. The predicted molar refractivity (Wildman–Crippen MR) is 188 cm³/mol. The minimum Gasteiger partial charge on any atom is -0.493 e. The Labute approximate surface area is 281 Å². The van der Waals surface area contributed by atoms with Crippen molar-refractivity contribution in [1.82, 2.24) is 23.9 Å². The van der Waals surface area contributed by atoms with Crippen LogP contribution in [-0.2, 0) is 44.8 Å². The second-order valence-electron chi connectivity index (χ2n) is 11.8. The van der Waals surface area contributed by atoms with Crippen molar-refractivity contribution in [3.05, 3.63) is 93.8 Å². The zero-order chi connectivity index (χ0) is 32.1. The minimum absolute atomic E-state index is 0.463. The molecule has 0 radical (unpaired) electrons. The van der Waals surface area contributed by atoms with E-state index in [4.69, 9.17) is 26.4 Å². The number of aromatic nitrogens is 5. The molecule has 6 aromatic rings. The van der Waals surface area contributed by atoms with Crippen LogP contribution in [0.5, 0.6) is 5.75 Å². The van der Waals surface area contributed by atoms with E-state index in [0.717, 1.165) is 83.6 Å². The predicted octanol–water partition coefficient (Wildman–Crippen LogP) is 7.46. The molecule has 46 heavy (non-hydrogen) atoms. The normalized spacial score (nSPS) is 14.5. The van der Waals surface area contributed by atoms with Crippen molar-refractivity contribution in [3.63, 3.8) is 0 Å². The van der Waals surface area contributed by atoms with Crippen LogP contribution in [0.25, 0.3) is 32.9 Å². The SMILES string of the molecule is Cc1nc2c(n1C)-c1c(Cl)ccc3c(c(C(O)O)n(C)c13)CCCOc1cc(cc3ccccc13)SCc1cc(nn1C)CSC2. The summed E-state index contributed by atoms with van der Waals surface area (Å²) in [5, 5.41) is 29.8. The lowest BCUT2D eigenvalue weighted by atomic mass is 10.0. The molecule has 8 bridgehead atoms. The molecule has 238 valence electrons. The van der Waals surface area contributed by atoms with Gasteiger partial charge in [-0.25, -0.2) is 4.98 Å². The first-order chi connectivity index (χ1) is 22.2. The highest BCUT2D eigenvalue weighted by atomic mass is 35.5. The molecule has 0 fully saturated rings. The maximum absolute atomic E-state index is 10.6. The van der Waals surface area contributed by atoms with Gasteiger partial charge in [0.05, 0.1) is 39.9 Å². The Morgan fingerprint density at radius 3 is 2.61 bits per heavy atom. The number of imidazole rings is 1. The molecular weight excluding hydrogens is 638 g/mol. The molecule has 0 atom stereocenters. The van der Waals surface area contributed by atoms with Gasteiger partial charge in [0, 0.05) is 65.3 Å². The molecule has 7 rings (SSSR count). The van der Waals surface area contributed by atoms with Crippen LogP contribution in [0.1, 0.15) is 46.9 Å². The summed E-state index contributed by atoms with van der Waals surface area (Å²) in [7, 11) is 5.89. The monoisotopic (exact) mass is 673 g/mol. The summed E-state index contributed by atoms with van der Waals surface area (Å²) in [6.45, 7) is 2.47. The van der Waals surface area contributed by atoms with E-state index in [-0.39, 0.29) is 0 Å². The van der Waals surface area contributed by atoms with E-state index in [2.05, 4.69) is 41.0 Å². The first-order valence-electron chi connectivity index (χ1n) is 15.3. The average Bonchev–Trinajstić information content (AvgIpc) is 3.63. The fourth-order valence-electron chi connectivity index (χ4n) is 6.60. The van der Waals surface area contributed by atoms with Crippen molar-refractivity contribution in [2.45, 2.75) is 48.2 Å². The highest BCUT2D eigenvalue weighted by Crippen LogP contribution is 2.42. The summed E-state index contributed by atoms with van der Waals surface area (Å²) in [6.07, 6.45) is -0.352. The Morgan fingerprint density at radius 1 is 0.957 bits per heavy atom. The standard InChI is InChI=1S/C35H36ClN5O3S2/c1-20-37-29-19-45-17-22-15-23(41(4)38-22)18-46-24-14-21-8-5-6-9-25(21)30(16-24)44-13-7-10-26-27-11-12-28(36)31(34(29)39(20)2)32(27)40(3)33(26)35(42)43/h5-6,8-9,11-12,14-16,35,42-43H,7,10,13,17-19H2,1-4H3. The topological polar surface area (TPSA) is 90.3 Å². The number of thioether (sulfide) groups is 2. The largest absolute Gasteiger partial charge is 0.493 e. The van der Waals surface area contributed by atoms with Crippen LogP contribution in [0.4, 0.5) is 0 Å².